The molecule has 128 valence electrons. The number of fused-ring (bicyclic) bond motifs is 1. The summed E-state index contributed by atoms with van der Waals surface area (Å²) in [5.41, 5.74) is 0.311. The van der Waals surface area contributed by atoms with Gasteiger partial charge in [0.15, 0.2) is 11.6 Å². The van der Waals surface area contributed by atoms with Crippen LogP contribution in [0.3, 0.4) is 0 Å². The number of nitrogens with zero attached hydrogens (tertiary/aromatic N) is 2. The summed E-state index contributed by atoms with van der Waals surface area (Å²) in [5.74, 6) is -0.675. The van der Waals surface area contributed by atoms with Crippen LogP contribution in [0.25, 0.3) is 10.9 Å². The lowest BCUT2D eigenvalue weighted by molar-refractivity contribution is -0.121. The molecule has 1 aromatic heterocycles. The number of halogens is 1. The van der Waals surface area contributed by atoms with Crippen LogP contribution in [0.1, 0.15) is 0 Å². The molecule has 1 amide bonds. The van der Waals surface area contributed by atoms with Crippen molar-refractivity contribution in [2.24, 2.45) is 0 Å². The highest BCUT2D eigenvalue weighted by molar-refractivity contribution is 5.78. The quantitative estimate of drug-likeness (QED) is 0.693. The van der Waals surface area contributed by atoms with E-state index < -0.39 is 5.82 Å². The molecular formula is C18H16FN3O3. The maximum absolute atomic E-state index is 13.4. The normalized spacial score (nSPS) is 10.6. The third-order valence-electron chi connectivity index (χ3n) is 3.56. The van der Waals surface area contributed by atoms with Crippen LogP contribution in [-0.2, 0) is 11.3 Å². The van der Waals surface area contributed by atoms with Crippen LogP contribution >= 0.6 is 0 Å². The number of carbonyl (C=O) groups is 1. The summed E-state index contributed by atoms with van der Waals surface area (Å²) in [5, 5.41) is 3.08. The fourth-order valence-electron chi connectivity index (χ4n) is 2.34. The van der Waals surface area contributed by atoms with Gasteiger partial charge in [0, 0.05) is 0 Å². The van der Waals surface area contributed by atoms with Gasteiger partial charge < -0.3 is 10.1 Å². The van der Waals surface area contributed by atoms with Gasteiger partial charge in [-0.15, -0.1) is 0 Å². The highest BCUT2D eigenvalue weighted by Crippen LogP contribution is 2.14. The Kier molecular flexibility index (Phi) is 5.03. The Hall–Kier alpha value is -3.22. The van der Waals surface area contributed by atoms with Gasteiger partial charge in [0.1, 0.15) is 13.2 Å². The Morgan fingerprint density at radius 2 is 1.92 bits per heavy atom. The third kappa shape index (κ3) is 4.00. The maximum atomic E-state index is 13.4. The lowest BCUT2D eigenvalue weighted by Gasteiger charge is -2.09. The molecule has 0 atom stereocenters. The van der Waals surface area contributed by atoms with Crippen molar-refractivity contribution < 1.29 is 13.9 Å². The Bertz CT molecular complexity index is 955. The first-order valence-electron chi connectivity index (χ1n) is 7.73. The summed E-state index contributed by atoms with van der Waals surface area (Å²) in [7, 11) is 0. The van der Waals surface area contributed by atoms with Crippen molar-refractivity contribution in [1.82, 2.24) is 14.9 Å². The highest BCUT2D eigenvalue weighted by Gasteiger charge is 2.08. The zero-order chi connectivity index (χ0) is 17.6. The van der Waals surface area contributed by atoms with Crippen molar-refractivity contribution in [3.63, 3.8) is 0 Å². The minimum absolute atomic E-state index is 0.123. The number of carbonyl (C=O) groups excluding carboxylic acids is 1. The number of hydrogen-bond acceptors (Lipinski definition) is 4. The number of hydrogen-bond donors (Lipinski definition) is 1. The molecule has 3 rings (SSSR count). The lowest BCUT2D eigenvalue weighted by Crippen LogP contribution is -2.34. The molecule has 1 heterocycles. The molecule has 0 unspecified atom stereocenters. The molecular weight excluding hydrogens is 325 g/mol. The van der Waals surface area contributed by atoms with Crippen LogP contribution in [-0.4, -0.2) is 28.6 Å². The van der Waals surface area contributed by atoms with E-state index in [0.717, 1.165) is 0 Å². The molecule has 7 heteroatoms. The van der Waals surface area contributed by atoms with Crippen LogP contribution < -0.4 is 15.6 Å². The average Bonchev–Trinajstić information content (AvgIpc) is 2.63. The number of amides is 1. The zero-order valence-electron chi connectivity index (χ0n) is 13.3. The minimum Gasteiger partial charge on any atom is -0.489 e. The largest absolute Gasteiger partial charge is 0.489 e. The Labute approximate surface area is 142 Å². The fraction of sp³-hybridized carbons (Fsp3) is 0.167. The molecule has 0 saturated heterocycles. The predicted octanol–water partition coefficient (Wildman–Crippen LogP) is 1.73. The van der Waals surface area contributed by atoms with Gasteiger partial charge in [-0.25, -0.2) is 9.37 Å². The van der Waals surface area contributed by atoms with Crippen molar-refractivity contribution in [1.29, 1.82) is 0 Å². The summed E-state index contributed by atoms with van der Waals surface area (Å²) in [6.45, 7) is 0.177. The lowest BCUT2D eigenvalue weighted by atomic mass is 10.2. The van der Waals surface area contributed by atoms with Crippen LogP contribution in [0.4, 0.5) is 4.39 Å². The highest BCUT2D eigenvalue weighted by atomic mass is 19.1. The van der Waals surface area contributed by atoms with Crippen molar-refractivity contribution in [2.45, 2.75) is 6.54 Å². The second-order valence-electron chi connectivity index (χ2n) is 5.32. The summed E-state index contributed by atoms with van der Waals surface area (Å²) in [6, 6.07) is 13.0. The second kappa shape index (κ2) is 7.57. The van der Waals surface area contributed by atoms with E-state index in [0.29, 0.717) is 10.9 Å². The molecule has 6 nitrogen and oxygen atoms in total. The van der Waals surface area contributed by atoms with Crippen LogP contribution in [0.2, 0.25) is 0 Å². The zero-order valence-corrected chi connectivity index (χ0v) is 13.3. The first kappa shape index (κ1) is 16.6. The topological polar surface area (TPSA) is 73.2 Å². The van der Waals surface area contributed by atoms with Crippen molar-refractivity contribution in [3.05, 3.63) is 71.0 Å². The van der Waals surface area contributed by atoms with Gasteiger partial charge in [-0.3, -0.25) is 14.2 Å². The standard InChI is InChI=1S/C18H16FN3O3/c19-14-6-2-4-8-16(14)25-10-9-20-17(23)11-22-12-21-15-7-3-1-5-13(15)18(22)24/h1-8,12H,9-11H2,(H,20,23). The number of ether oxygens (including phenoxy) is 1. The van der Waals surface area contributed by atoms with E-state index >= 15 is 0 Å². The molecule has 1 N–H and O–H groups in total. The van der Waals surface area contributed by atoms with Gasteiger partial charge >= 0.3 is 0 Å². The minimum atomic E-state index is -0.456. The van der Waals surface area contributed by atoms with E-state index in [-0.39, 0.29) is 36.9 Å². The summed E-state index contributed by atoms with van der Waals surface area (Å²) in [6.07, 6.45) is 1.35. The third-order valence-corrected chi connectivity index (χ3v) is 3.56. The number of para-hydroxylation sites is 2. The van der Waals surface area contributed by atoms with Crippen LogP contribution in [0.5, 0.6) is 5.75 Å². The molecule has 0 spiro atoms. The first-order chi connectivity index (χ1) is 12.1. The fourth-order valence-corrected chi connectivity index (χ4v) is 2.34. The molecule has 2 aromatic carbocycles. The van der Waals surface area contributed by atoms with Crippen molar-refractivity contribution >= 4 is 16.8 Å². The van der Waals surface area contributed by atoms with Gasteiger partial charge in [-0.05, 0) is 24.3 Å². The van der Waals surface area contributed by atoms with Crippen LogP contribution in [0.15, 0.2) is 59.7 Å². The number of rotatable bonds is 6. The van der Waals surface area contributed by atoms with E-state index in [1.165, 1.54) is 23.0 Å². The second-order valence-corrected chi connectivity index (χ2v) is 5.32. The molecule has 0 saturated carbocycles. The number of aromatic nitrogens is 2. The molecule has 0 aliphatic carbocycles. The molecule has 0 radical (unpaired) electrons. The number of benzene rings is 2. The Morgan fingerprint density at radius 3 is 2.76 bits per heavy atom. The van der Waals surface area contributed by atoms with E-state index in [1.807, 2.05) is 0 Å². The average molecular weight is 341 g/mol. The van der Waals surface area contributed by atoms with Crippen molar-refractivity contribution in [3.8, 4) is 5.75 Å². The van der Waals surface area contributed by atoms with Gasteiger partial charge in [-0.1, -0.05) is 24.3 Å². The summed E-state index contributed by atoms with van der Waals surface area (Å²) in [4.78, 5) is 28.4. The Balaban J connectivity index is 1.54. The monoisotopic (exact) mass is 341 g/mol. The molecule has 0 aliphatic rings. The van der Waals surface area contributed by atoms with Gasteiger partial charge in [0.25, 0.3) is 5.56 Å². The first-order valence-corrected chi connectivity index (χ1v) is 7.73. The summed E-state index contributed by atoms with van der Waals surface area (Å²) < 4.78 is 19.9. The molecule has 0 aliphatic heterocycles. The smallest absolute Gasteiger partial charge is 0.261 e. The Morgan fingerprint density at radius 1 is 1.16 bits per heavy atom. The van der Waals surface area contributed by atoms with Crippen LogP contribution in [0, 0.1) is 5.82 Å². The van der Waals surface area contributed by atoms with Gasteiger partial charge in [-0.2, -0.15) is 0 Å². The van der Waals surface area contributed by atoms with E-state index in [4.69, 9.17) is 4.74 Å². The molecule has 0 bridgehead atoms. The van der Waals surface area contributed by atoms with E-state index in [9.17, 15) is 14.0 Å². The van der Waals surface area contributed by atoms with Gasteiger partial charge in [0.2, 0.25) is 5.91 Å². The van der Waals surface area contributed by atoms with E-state index in [1.54, 1.807) is 36.4 Å². The van der Waals surface area contributed by atoms with Crippen molar-refractivity contribution in [2.75, 3.05) is 13.2 Å². The number of nitrogens with one attached hydrogen (secondary N) is 1. The maximum Gasteiger partial charge on any atom is 0.261 e. The van der Waals surface area contributed by atoms with E-state index in [2.05, 4.69) is 10.3 Å². The van der Waals surface area contributed by atoms with Gasteiger partial charge in [0.05, 0.1) is 23.8 Å². The predicted molar refractivity (Wildman–Crippen MR) is 90.9 cm³/mol. The molecule has 0 fully saturated rings. The molecule has 3 aromatic rings. The summed E-state index contributed by atoms with van der Waals surface area (Å²) >= 11 is 0. The SMILES string of the molecule is O=C(Cn1cnc2ccccc2c1=O)NCCOc1ccccc1F. The molecule has 25 heavy (non-hydrogen) atoms.